The van der Waals surface area contributed by atoms with Gasteiger partial charge in [0, 0.05) is 24.7 Å². The lowest BCUT2D eigenvalue weighted by molar-refractivity contribution is -0.117. The number of benzene rings is 1. The van der Waals surface area contributed by atoms with Gasteiger partial charge in [-0.15, -0.1) is 0 Å². The topological polar surface area (TPSA) is 75.3 Å². The number of carbonyl (C=O) groups is 1. The summed E-state index contributed by atoms with van der Waals surface area (Å²) in [6.45, 7) is 30.3. The number of aryl methyl sites for hydroxylation is 1. The monoisotopic (exact) mass is 983 g/mol. The maximum absolute atomic E-state index is 13.0. The average Bonchev–Trinajstić information content (AvgIpc) is 3.05. The maximum atomic E-state index is 13.0. The molecule has 52 heavy (non-hydrogen) atoms. The molecule has 0 aliphatic heterocycles. The molecule has 0 fully saturated rings. The van der Waals surface area contributed by atoms with Crippen molar-refractivity contribution in [2.45, 2.75) is 155 Å². The first-order chi connectivity index (χ1) is 24.2. The zero-order valence-corrected chi connectivity index (χ0v) is 41.4. The van der Waals surface area contributed by atoms with Crippen LogP contribution in [0.3, 0.4) is 0 Å². The molecule has 1 amide bonds. The fraction of sp³-hybridized carbons (Fsp3) is 0.683. The minimum Gasteiger partial charge on any atom is -0.497 e. The Morgan fingerprint density at radius 3 is 1.96 bits per heavy atom. The van der Waals surface area contributed by atoms with Crippen molar-refractivity contribution in [3.63, 3.8) is 0 Å². The molecule has 0 saturated carbocycles. The van der Waals surface area contributed by atoms with Gasteiger partial charge in [-0.1, -0.05) is 127 Å². The summed E-state index contributed by atoms with van der Waals surface area (Å²) in [5.74, 6) is 1.26. The Morgan fingerprint density at radius 2 is 1.50 bits per heavy atom. The third-order valence-corrected chi connectivity index (χ3v) is 22.5. The van der Waals surface area contributed by atoms with Crippen LogP contribution in [0.25, 0.3) is 0 Å². The second-order valence-electron chi connectivity index (χ2n) is 16.4. The molecule has 1 aromatic rings. The molecule has 0 unspecified atom stereocenters. The first-order valence-corrected chi connectivity index (χ1v) is 26.3. The summed E-state index contributed by atoms with van der Waals surface area (Å²) in [5.41, 5.74) is 4.23. The summed E-state index contributed by atoms with van der Waals surface area (Å²) in [6, 6.07) is 3.80. The van der Waals surface area contributed by atoms with E-state index in [9.17, 15) is 4.79 Å². The van der Waals surface area contributed by atoms with E-state index in [0.29, 0.717) is 40.2 Å². The van der Waals surface area contributed by atoms with Crippen molar-refractivity contribution in [2.24, 2.45) is 5.92 Å². The molecule has 0 spiro atoms. The summed E-state index contributed by atoms with van der Waals surface area (Å²) in [5, 5.41) is 3.09. The molecule has 0 radical (unpaired) electrons. The van der Waals surface area contributed by atoms with Crippen molar-refractivity contribution in [3.8, 4) is 11.5 Å². The Balaban J connectivity index is 3.64. The lowest BCUT2D eigenvalue weighted by atomic mass is 9.90. The highest BCUT2D eigenvalue weighted by Crippen LogP contribution is 2.46. The molecule has 1 rings (SSSR count). The van der Waals surface area contributed by atoms with Gasteiger partial charge in [0.25, 0.3) is 0 Å². The van der Waals surface area contributed by atoms with Gasteiger partial charge >= 0.3 is 0 Å². The third-order valence-electron chi connectivity index (χ3n) is 11.0. The number of amides is 1. The number of nitrogens with one attached hydrogen (secondary N) is 1. The number of anilines is 1. The Kier molecular flexibility index (Phi) is 21.6. The largest absolute Gasteiger partial charge is 0.497 e. The van der Waals surface area contributed by atoms with Crippen LogP contribution in [0.15, 0.2) is 44.1 Å². The van der Waals surface area contributed by atoms with E-state index in [1.807, 2.05) is 16.2 Å². The fourth-order valence-electron chi connectivity index (χ4n) is 7.09. The van der Waals surface area contributed by atoms with Gasteiger partial charge in [-0.3, -0.25) is 4.79 Å². The van der Waals surface area contributed by atoms with E-state index < -0.39 is 16.6 Å². The zero-order valence-electron chi connectivity index (χ0n) is 35.1. The van der Waals surface area contributed by atoms with Gasteiger partial charge in [0.1, 0.15) is 11.5 Å². The quantitative estimate of drug-likeness (QED) is 0.0709. The number of hydrogen-bond donors (Lipinski definition) is 1. The van der Waals surface area contributed by atoms with Crippen LogP contribution in [0, 0.1) is 5.92 Å². The van der Waals surface area contributed by atoms with Crippen LogP contribution in [0.4, 0.5) is 5.69 Å². The Hall–Kier alpha value is -0.716. The Labute approximate surface area is 347 Å². The number of ether oxygens (including phenoxy) is 3. The summed E-state index contributed by atoms with van der Waals surface area (Å²) >= 11 is 4.45. The average molecular weight is 984 g/mol. The van der Waals surface area contributed by atoms with Crippen molar-refractivity contribution in [2.75, 3.05) is 26.6 Å². The first kappa shape index (κ1) is 49.3. The van der Waals surface area contributed by atoms with Crippen LogP contribution in [0.1, 0.15) is 101 Å². The summed E-state index contributed by atoms with van der Waals surface area (Å²) in [7, 11) is 0.549. The van der Waals surface area contributed by atoms with E-state index in [2.05, 4.69) is 156 Å². The Morgan fingerprint density at radius 1 is 0.904 bits per heavy atom. The molecule has 4 atom stereocenters. The van der Waals surface area contributed by atoms with E-state index in [1.54, 1.807) is 27.4 Å². The standard InChI is InChI=1S/C41H71I2NO6Si2/c1-28(2)52(29(3)4,30(5)6)49-37(21-18-23-42)32(8)39(50-51(15,16)41(9,10)11)31(7)19-17-20-33-25-35(47-13)26-36(40(33)48-14)44-38(45)27-34(46-12)22-24-43/h18-19,22-26,28-30,32,34,37,39H,17,20-21,27H2,1-16H3,(H,44,45)/b23-18+,24-22+,31-19-/t32-,34-,37-,39-/m0/s1. The molecule has 1 N–H and O–H groups in total. The van der Waals surface area contributed by atoms with Gasteiger partial charge in [0.15, 0.2) is 8.32 Å². The number of allylic oxidation sites excluding steroid dienone is 1. The van der Waals surface area contributed by atoms with Gasteiger partial charge in [0.05, 0.1) is 44.6 Å². The van der Waals surface area contributed by atoms with Crippen LogP contribution in [-0.2, 0) is 24.8 Å². The molecular formula is C41H71I2NO6Si2. The SMILES string of the molecule is COc1cc(CC/C=C(/C)[C@H](O[Si](C)(C)C(C)(C)C)[C@@H](C)[C@H](C/C=C/I)O[Si](C(C)C)(C(C)C)C(C)C)c(OC)c(NC(=O)C[C@H](/C=C/I)OC)c1. The first-order valence-electron chi connectivity index (χ1n) is 18.8. The van der Waals surface area contributed by atoms with Gasteiger partial charge < -0.3 is 28.4 Å². The fourth-order valence-corrected chi connectivity index (χ4v) is 14.9. The predicted octanol–water partition coefficient (Wildman–Crippen LogP) is 12.8. The van der Waals surface area contributed by atoms with Crippen LogP contribution in [0.2, 0.25) is 34.8 Å². The summed E-state index contributed by atoms with van der Waals surface area (Å²) in [6.07, 6.45) is 8.56. The number of rotatable bonds is 22. The lowest BCUT2D eigenvalue weighted by Gasteiger charge is -2.48. The van der Waals surface area contributed by atoms with Gasteiger partial charge in [0.2, 0.25) is 14.2 Å². The Bertz CT molecular complexity index is 1320. The maximum Gasteiger partial charge on any atom is 0.227 e. The summed E-state index contributed by atoms with van der Waals surface area (Å²) < 4.78 is 35.9. The smallest absolute Gasteiger partial charge is 0.227 e. The van der Waals surface area contributed by atoms with Crippen LogP contribution >= 0.6 is 45.2 Å². The molecule has 0 bridgehead atoms. The minimum absolute atomic E-state index is 0.0257. The van der Waals surface area contributed by atoms with Gasteiger partial charge in [-0.05, 0) is 86.8 Å². The number of halogens is 2. The van der Waals surface area contributed by atoms with Crippen molar-refractivity contribution in [1.29, 1.82) is 0 Å². The van der Waals surface area contributed by atoms with Gasteiger partial charge in [-0.25, -0.2) is 0 Å². The highest BCUT2D eigenvalue weighted by atomic mass is 127. The third kappa shape index (κ3) is 13.8. The minimum atomic E-state index is -2.17. The number of carbonyl (C=O) groups excluding carboxylic acids is 1. The van der Waals surface area contributed by atoms with Crippen LogP contribution in [0.5, 0.6) is 11.5 Å². The van der Waals surface area contributed by atoms with E-state index in [-0.39, 0.29) is 41.6 Å². The van der Waals surface area contributed by atoms with Crippen molar-refractivity contribution >= 4 is 73.4 Å². The molecular weight excluding hydrogens is 912 g/mol. The molecule has 0 aliphatic carbocycles. The van der Waals surface area contributed by atoms with E-state index >= 15 is 0 Å². The predicted molar refractivity (Wildman–Crippen MR) is 244 cm³/mol. The molecule has 0 aliphatic rings. The number of hydrogen-bond acceptors (Lipinski definition) is 6. The lowest BCUT2D eigenvalue weighted by Crippen LogP contribution is -2.53. The van der Waals surface area contributed by atoms with Gasteiger partial charge in [-0.2, -0.15) is 0 Å². The van der Waals surface area contributed by atoms with Crippen molar-refractivity contribution < 1.29 is 27.9 Å². The van der Waals surface area contributed by atoms with Crippen molar-refractivity contribution in [3.05, 3.63) is 49.7 Å². The van der Waals surface area contributed by atoms with E-state index in [0.717, 1.165) is 18.4 Å². The normalized spacial score (nSPS) is 15.9. The molecule has 1 aromatic carbocycles. The molecule has 0 saturated heterocycles. The molecule has 298 valence electrons. The molecule has 0 aromatic heterocycles. The van der Waals surface area contributed by atoms with Crippen LogP contribution in [-0.4, -0.2) is 62.2 Å². The van der Waals surface area contributed by atoms with Crippen LogP contribution < -0.4 is 14.8 Å². The second-order valence-corrected chi connectivity index (χ2v) is 28.0. The van der Waals surface area contributed by atoms with E-state index in [4.69, 9.17) is 23.1 Å². The van der Waals surface area contributed by atoms with Crippen molar-refractivity contribution in [1.82, 2.24) is 0 Å². The summed E-state index contributed by atoms with van der Waals surface area (Å²) in [4.78, 5) is 13.0. The number of methoxy groups -OCH3 is 3. The second kappa shape index (κ2) is 22.7. The molecule has 0 heterocycles. The zero-order chi connectivity index (χ0) is 40.0. The molecule has 11 heteroatoms. The highest BCUT2D eigenvalue weighted by Gasteiger charge is 2.48. The van der Waals surface area contributed by atoms with E-state index in [1.165, 1.54) is 5.57 Å². The highest BCUT2D eigenvalue weighted by molar-refractivity contribution is 14.1. The molecule has 7 nitrogen and oxygen atoms in total.